The summed E-state index contributed by atoms with van der Waals surface area (Å²) in [5, 5.41) is 0. The smallest absolute Gasteiger partial charge is 0.243 e. The van der Waals surface area contributed by atoms with E-state index in [1.165, 1.54) is 27.3 Å². The summed E-state index contributed by atoms with van der Waals surface area (Å²) in [6, 6.07) is 14.1. The topological polar surface area (TPSA) is 23.6 Å². The van der Waals surface area contributed by atoms with Crippen molar-refractivity contribution >= 4 is 17.2 Å². The molecule has 3 nitrogen and oxygen atoms in total. The number of carbonyl (C=O) groups is 1. The largest absolute Gasteiger partial charge is 0.337 e. The molecule has 4 heteroatoms. The Kier molecular flexibility index (Phi) is 3.43. The molecule has 1 amide bonds. The van der Waals surface area contributed by atoms with Gasteiger partial charge < -0.3 is 4.90 Å². The number of nitrogens with zero attached hydrogens (tertiary/aromatic N) is 2. The second kappa shape index (κ2) is 5.68. The predicted octanol–water partition coefficient (Wildman–Crippen LogP) is 3.96. The quantitative estimate of drug-likeness (QED) is 0.790. The lowest BCUT2D eigenvalue weighted by molar-refractivity contribution is -0.138. The van der Waals surface area contributed by atoms with Gasteiger partial charge in [0.05, 0.1) is 0 Å². The number of likely N-dealkylation sites (tertiary alicyclic amines) is 1. The zero-order valence-corrected chi connectivity index (χ0v) is 16.7. The molecule has 1 aliphatic carbocycles. The lowest BCUT2D eigenvalue weighted by Gasteiger charge is -2.34. The third-order valence-corrected chi connectivity index (χ3v) is 8.74. The van der Waals surface area contributed by atoms with Crippen molar-refractivity contribution in [1.29, 1.82) is 0 Å². The number of benzene rings is 1. The Bertz CT molecular complexity index is 896. The van der Waals surface area contributed by atoms with Gasteiger partial charge >= 0.3 is 0 Å². The van der Waals surface area contributed by atoms with E-state index in [4.69, 9.17) is 0 Å². The van der Waals surface area contributed by atoms with Crippen molar-refractivity contribution in [3.05, 3.63) is 57.3 Å². The minimum Gasteiger partial charge on any atom is -0.337 e. The maximum atomic E-state index is 13.8. The maximum absolute atomic E-state index is 13.8. The first-order valence-electron chi connectivity index (χ1n) is 10.4. The molecule has 1 aromatic heterocycles. The standard InChI is InChI=1S/C23H26N2OS/c1-15-7-8-21(27-15)20-13-18-14-24(22(26)23(18)9-4-10-25(20)23)19-11-16-5-2-3-6-17(16)12-19/h2-3,5-8,18-20H,4,9-14H2,1H3/t18-,20-,23-/m0/s1. The molecule has 27 heavy (non-hydrogen) atoms. The number of aryl methyl sites for hydroxylation is 1. The normalized spacial score (nSPS) is 32.9. The highest BCUT2D eigenvalue weighted by molar-refractivity contribution is 7.12. The molecule has 4 aliphatic rings. The van der Waals surface area contributed by atoms with E-state index >= 15 is 0 Å². The monoisotopic (exact) mass is 378 g/mol. The Morgan fingerprint density at radius 1 is 1.11 bits per heavy atom. The van der Waals surface area contributed by atoms with Crippen LogP contribution in [0.5, 0.6) is 0 Å². The fourth-order valence-electron chi connectivity index (χ4n) is 6.50. The number of carbonyl (C=O) groups excluding carboxylic acids is 1. The number of hydrogen-bond acceptors (Lipinski definition) is 3. The molecule has 2 aromatic rings. The van der Waals surface area contributed by atoms with Crippen LogP contribution in [-0.4, -0.2) is 40.4 Å². The third kappa shape index (κ3) is 2.14. The first-order chi connectivity index (χ1) is 13.2. The molecule has 0 bridgehead atoms. The van der Waals surface area contributed by atoms with Crippen LogP contribution in [0.1, 0.15) is 46.2 Å². The van der Waals surface area contributed by atoms with Crippen LogP contribution >= 0.6 is 11.3 Å². The Morgan fingerprint density at radius 3 is 2.59 bits per heavy atom. The third-order valence-electron chi connectivity index (χ3n) is 7.64. The highest BCUT2D eigenvalue weighted by atomic mass is 32.1. The van der Waals surface area contributed by atoms with Gasteiger partial charge in [-0.15, -0.1) is 11.3 Å². The van der Waals surface area contributed by atoms with Crippen LogP contribution in [-0.2, 0) is 17.6 Å². The highest BCUT2D eigenvalue weighted by Crippen LogP contribution is 2.57. The Hall–Kier alpha value is -1.65. The number of thiophene rings is 1. The van der Waals surface area contributed by atoms with Gasteiger partial charge in [0.2, 0.25) is 5.91 Å². The number of rotatable bonds is 2. The lowest BCUT2D eigenvalue weighted by Crippen LogP contribution is -2.51. The van der Waals surface area contributed by atoms with Crippen LogP contribution < -0.4 is 0 Å². The summed E-state index contributed by atoms with van der Waals surface area (Å²) in [5.41, 5.74) is 2.69. The summed E-state index contributed by atoms with van der Waals surface area (Å²) in [5.74, 6) is 0.946. The molecule has 6 rings (SSSR count). The molecule has 3 saturated heterocycles. The molecule has 0 N–H and O–H groups in total. The van der Waals surface area contributed by atoms with Crippen LogP contribution in [0.2, 0.25) is 0 Å². The minimum atomic E-state index is -0.197. The molecule has 3 aliphatic heterocycles. The molecular weight excluding hydrogens is 352 g/mol. The minimum absolute atomic E-state index is 0.197. The molecule has 140 valence electrons. The van der Waals surface area contributed by atoms with E-state index in [2.05, 4.69) is 53.1 Å². The van der Waals surface area contributed by atoms with Crippen molar-refractivity contribution in [3.63, 3.8) is 0 Å². The van der Waals surface area contributed by atoms with Crippen molar-refractivity contribution in [2.75, 3.05) is 13.1 Å². The van der Waals surface area contributed by atoms with Crippen LogP contribution in [0.25, 0.3) is 0 Å². The first-order valence-corrected chi connectivity index (χ1v) is 11.2. The summed E-state index contributed by atoms with van der Waals surface area (Å²) in [7, 11) is 0. The lowest BCUT2D eigenvalue weighted by atomic mass is 9.85. The molecule has 1 aromatic carbocycles. The van der Waals surface area contributed by atoms with Crippen LogP contribution in [0, 0.1) is 12.8 Å². The number of hydrogen-bond donors (Lipinski definition) is 0. The Labute approximate surface area is 165 Å². The van der Waals surface area contributed by atoms with Gasteiger partial charge in [0.15, 0.2) is 0 Å². The van der Waals surface area contributed by atoms with E-state index in [0.717, 1.165) is 38.8 Å². The van der Waals surface area contributed by atoms with Crippen molar-refractivity contribution < 1.29 is 4.79 Å². The molecule has 4 heterocycles. The van der Waals surface area contributed by atoms with Gasteiger partial charge in [-0.3, -0.25) is 9.69 Å². The SMILES string of the molecule is Cc1ccc([C@@H]2C[C@H]3CN(C4Cc5ccccc5C4)C(=O)[C@]34CCCN24)s1. The first kappa shape index (κ1) is 16.3. The molecule has 1 spiro atoms. The van der Waals surface area contributed by atoms with Crippen LogP contribution in [0.15, 0.2) is 36.4 Å². The van der Waals surface area contributed by atoms with Crippen LogP contribution in [0.4, 0.5) is 0 Å². The maximum Gasteiger partial charge on any atom is 0.243 e. The fourth-order valence-corrected chi connectivity index (χ4v) is 7.50. The van der Waals surface area contributed by atoms with Gasteiger partial charge in [0.1, 0.15) is 5.54 Å². The van der Waals surface area contributed by atoms with Gasteiger partial charge in [0, 0.05) is 34.3 Å². The molecule has 0 saturated carbocycles. The Morgan fingerprint density at radius 2 is 1.89 bits per heavy atom. The van der Waals surface area contributed by atoms with E-state index in [-0.39, 0.29) is 5.54 Å². The predicted molar refractivity (Wildman–Crippen MR) is 108 cm³/mol. The van der Waals surface area contributed by atoms with Crippen molar-refractivity contribution in [3.8, 4) is 0 Å². The van der Waals surface area contributed by atoms with E-state index < -0.39 is 0 Å². The Balaban J connectivity index is 1.30. The van der Waals surface area contributed by atoms with E-state index in [1.807, 2.05) is 11.3 Å². The molecular formula is C23H26N2OS. The van der Waals surface area contributed by atoms with Crippen molar-refractivity contribution in [1.82, 2.24) is 9.80 Å². The molecule has 0 unspecified atom stereocenters. The molecule has 0 radical (unpaired) electrons. The van der Waals surface area contributed by atoms with Gasteiger partial charge in [-0.2, -0.15) is 0 Å². The van der Waals surface area contributed by atoms with E-state index in [1.54, 1.807) is 0 Å². The van der Waals surface area contributed by atoms with Crippen molar-refractivity contribution in [2.45, 2.75) is 56.7 Å². The van der Waals surface area contributed by atoms with Gasteiger partial charge in [-0.1, -0.05) is 24.3 Å². The average Bonchev–Trinajstić information content (AvgIpc) is 3.43. The molecule has 3 fully saturated rings. The summed E-state index contributed by atoms with van der Waals surface area (Å²) in [4.78, 5) is 21.5. The highest BCUT2D eigenvalue weighted by Gasteiger charge is 2.66. The van der Waals surface area contributed by atoms with Crippen molar-refractivity contribution in [2.24, 2.45) is 5.92 Å². The summed E-state index contributed by atoms with van der Waals surface area (Å²) < 4.78 is 0. The zero-order chi connectivity index (χ0) is 18.2. The fraction of sp³-hybridized carbons (Fsp3) is 0.522. The average molecular weight is 379 g/mol. The summed E-state index contributed by atoms with van der Waals surface area (Å²) in [6.07, 6.45) is 5.47. The zero-order valence-electron chi connectivity index (χ0n) is 15.9. The number of fused-ring (bicyclic) bond motifs is 1. The summed E-state index contributed by atoms with van der Waals surface area (Å²) >= 11 is 1.92. The van der Waals surface area contributed by atoms with E-state index in [0.29, 0.717) is 23.9 Å². The van der Waals surface area contributed by atoms with E-state index in [9.17, 15) is 4.79 Å². The van der Waals surface area contributed by atoms with Crippen LogP contribution in [0.3, 0.4) is 0 Å². The van der Waals surface area contributed by atoms with Gasteiger partial charge in [-0.25, -0.2) is 0 Å². The van der Waals surface area contributed by atoms with Gasteiger partial charge in [-0.05, 0) is 68.8 Å². The molecule has 3 atom stereocenters. The van der Waals surface area contributed by atoms with Gasteiger partial charge in [0.25, 0.3) is 0 Å². The second-order valence-electron chi connectivity index (χ2n) is 8.91. The second-order valence-corrected chi connectivity index (χ2v) is 10.2. The number of amides is 1. The summed E-state index contributed by atoms with van der Waals surface area (Å²) in [6.45, 7) is 4.24.